The highest BCUT2D eigenvalue weighted by Gasteiger charge is 2.27. The van der Waals surface area contributed by atoms with Gasteiger partial charge in [0.05, 0.1) is 30.6 Å². The van der Waals surface area contributed by atoms with Gasteiger partial charge in [0.15, 0.2) is 23.6 Å². The van der Waals surface area contributed by atoms with E-state index in [0.29, 0.717) is 30.9 Å². The molecule has 1 atom stereocenters. The molecule has 0 saturated heterocycles. The molecule has 2 aliphatic rings. The van der Waals surface area contributed by atoms with Crippen LogP contribution in [0.3, 0.4) is 0 Å². The molecule has 2 aromatic carbocycles. The van der Waals surface area contributed by atoms with Crippen molar-refractivity contribution in [2.45, 2.75) is 12.6 Å². The maximum absolute atomic E-state index is 6.07. The molecule has 0 radical (unpaired) electrons. The Morgan fingerprint density at radius 3 is 2.63 bits per heavy atom. The van der Waals surface area contributed by atoms with Gasteiger partial charge in [0.1, 0.15) is 0 Å². The Hall–Kier alpha value is -4.01. The molecular formula is C21H19N7O2. The van der Waals surface area contributed by atoms with Crippen molar-refractivity contribution in [2.75, 3.05) is 18.5 Å². The molecule has 4 aromatic rings. The lowest BCUT2D eigenvalue weighted by molar-refractivity contribution is 0.297. The van der Waals surface area contributed by atoms with Crippen LogP contribution in [0.4, 0.5) is 5.95 Å². The van der Waals surface area contributed by atoms with Gasteiger partial charge < -0.3 is 19.8 Å². The predicted molar refractivity (Wildman–Crippen MR) is 112 cm³/mol. The fraction of sp³-hybridized carbons (Fsp3) is 0.190. The van der Waals surface area contributed by atoms with Crippen molar-refractivity contribution in [3.05, 3.63) is 60.7 Å². The van der Waals surface area contributed by atoms with Crippen LogP contribution in [0.5, 0.6) is 11.5 Å². The molecule has 0 amide bonds. The minimum Gasteiger partial charge on any atom is -0.489 e. The van der Waals surface area contributed by atoms with Crippen LogP contribution in [0.2, 0.25) is 0 Å². The van der Waals surface area contributed by atoms with Gasteiger partial charge in [0, 0.05) is 36.6 Å². The van der Waals surface area contributed by atoms with Crippen LogP contribution in [0.1, 0.15) is 18.2 Å². The SMILES string of the molecule is NC1=NC(c2ccc(-n3ccnc3)cc2)n2c(nc3cc4c(cc32)OCCCO4)N1. The highest BCUT2D eigenvalue weighted by Crippen LogP contribution is 2.39. The van der Waals surface area contributed by atoms with Gasteiger partial charge in [-0.3, -0.25) is 9.88 Å². The van der Waals surface area contributed by atoms with E-state index in [-0.39, 0.29) is 6.17 Å². The van der Waals surface area contributed by atoms with Crippen molar-refractivity contribution < 1.29 is 9.47 Å². The molecule has 6 rings (SSSR count). The second-order valence-electron chi connectivity index (χ2n) is 7.22. The summed E-state index contributed by atoms with van der Waals surface area (Å²) in [6.07, 6.45) is 5.94. The van der Waals surface area contributed by atoms with Crippen molar-refractivity contribution in [3.8, 4) is 17.2 Å². The van der Waals surface area contributed by atoms with Gasteiger partial charge >= 0.3 is 0 Å². The predicted octanol–water partition coefficient (Wildman–Crippen LogP) is 2.67. The molecule has 0 spiro atoms. The largest absolute Gasteiger partial charge is 0.489 e. The first kappa shape index (κ1) is 16.9. The van der Waals surface area contributed by atoms with Crippen molar-refractivity contribution in [3.63, 3.8) is 0 Å². The molecule has 0 bridgehead atoms. The van der Waals surface area contributed by atoms with E-state index in [1.54, 1.807) is 12.5 Å². The Morgan fingerprint density at radius 1 is 1.07 bits per heavy atom. The van der Waals surface area contributed by atoms with Crippen molar-refractivity contribution >= 4 is 22.9 Å². The summed E-state index contributed by atoms with van der Waals surface area (Å²) in [5.74, 6) is 2.40. The number of nitrogens with two attached hydrogens (primary N) is 1. The molecule has 2 aromatic heterocycles. The van der Waals surface area contributed by atoms with Crippen LogP contribution >= 0.6 is 0 Å². The normalized spacial score (nSPS) is 17.7. The molecule has 4 heterocycles. The quantitative estimate of drug-likeness (QED) is 0.535. The molecule has 0 fully saturated rings. The van der Waals surface area contributed by atoms with Crippen molar-refractivity contribution in [2.24, 2.45) is 10.7 Å². The molecule has 2 aliphatic heterocycles. The van der Waals surface area contributed by atoms with Gasteiger partial charge in [-0.1, -0.05) is 12.1 Å². The third-order valence-electron chi connectivity index (χ3n) is 5.30. The highest BCUT2D eigenvalue weighted by molar-refractivity contribution is 5.95. The maximum Gasteiger partial charge on any atom is 0.212 e. The van der Waals surface area contributed by atoms with Gasteiger partial charge in [0.25, 0.3) is 0 Å². The Kier molecular flexibility index (Phi) is 3.67. The monoisotopic (exact) mass is 401 g/mol. The van der Waals surface area contributed by atoms with Gasteiger partial charge in [-0.15, -0.1) is 0 Å². The molecule has 0 aliphatic carbocycles. The van der Waals surface area contributed by atoms with Crippen molar-refractivity contribution in [1.82, 2.24) is 19.1 Å². The third kappa shape index (κ3) is 2.66. The summed E-state index contributed by atoms with van der Waals surface area (Å²) < 4.78 is 15.7. The third-order valence-corrected chi connectivity index (χ3v) is 5.30. The number of aromatic nitrogens is 4. The highest BCUT2D eigenvalue weighted by atomic mass is 16.5. The molecule has 1 unspecified atom stereocenters. The minimum absolute atomic E-state index is 0.329. The first-order valence-electron chi connectivity index (χ1n) is 9.76. The van der Waals surface area contributed by atoms with E-state index in [2.05, 4.69) is 15.3 Å². The Bertz CT molecular complexity index is 1260. The van der Waals surface area contributed by atoms with Crippen LogP contribution in [0.15, 0.2) is 60.1 Å². The zero-order valence-electron chi connectivity index (χ0n) is 16.0. The lowest BCUT2D eigenvalue weighted by Gasteiger charge is -2.24. The number of ether oxygens (including phenoxy) is 2. The number of nitrogens with one attached hydrogen (secondary N) is 1. The topological polar surface area (TPSA) is 105 Å². The summed E-state index contributed by atoms with van der Waals surface area (Å²) in [6, 6.07) is 12.0. The zero-order chi connectivity index (χ0) is 20.1. The molecule has 150 valence electrons. The lowest BCUT2D eigenvalue weighted by Crippen LogP contribution is -2.31. The lowest BCUT2D eigenvalue weighted by atomic mass is 10.1. The van der Waals surface area contributed by atoms with E-state index in [0.717, 1.165) is 34.5 Å². The van der Waals surface area contributed by atoms with Crippen molar-refractivity contribution in [1.29, 1.82) is 0 Å². The number of rotatable bonds is 2. The molecule has 9 heteroatoms. The van der Waals surface area contributed by atoms with Gasteiger partial charge in [-0.25, -0.2) is 15.0 Å². The fourth-order valence-corrected chi connectivity index (χ4v) is 3.88. The number of benzene rings is 2. The average molecular weight is 401 g/mol. The molecule has 0 saturated carbocycles. The van der Waals surface area contributed by atoms with Crippen LogP contribution in [0, 0.1) is 0 Å². The summed E-state index contributed by atoms with van der Waals surface area (Å²) in [6.45, 7) is 1.26. The average Bonchev–Trinajstić information content (AvgIpc) is 3.34. The Labute approximate surface area is 171 Å². The number of fused-ring (bicyclic) bond motifs is 4. The summed E-state index contributed by atoms with van der Waals surface area (Å²) in [5, 5.41) is 3.07. The number of imidazole rings is 2. The molecule has 3 N–H and O–H groups in total. The van der Waals surface area contributed by atoms with Crippen LogP contribution in [-0.2, 0) is 0 Å². The van der Waals surface area contributed by atoms with Gasteiger partial charge in [0.2, 0.25) is 5.95 Å². The zero-order valence-corrected chi connectivity index (χ0v) is 16.0. The van der Waals surface area contributed by atoms with E-state index in [1.807, 2.05) is 51.7 Å². The number of guanidine groups is 1. The van der Waals surface area contributed by atoms with Crippen LogP contribution in [-0.4, -0.2) is 38.3 Å². The first-order chi connectivity index (χ1) is 14.8. The van der Waals surface area contributed by atoms with E-state index in [4.69, 9.17) is 20.2 Å². The second kappa shape index (κ2) is 6.51. The standard InChI is InChI=1S/C21H19N7O2/c22-20-25-19(13-2-4-14(5-3-13)27-7-6-23-12-27)28-16-11-18-17(29-8-1-9-30-18)10-15(16)24-21(28)26-20/h2-7,10-12,19H,1,8-9H2,(H3,22,24,25,26). The number of aliphatic imine (C=N–C) groups is 1. The van der Waals surface area contributed by atoms with E-state index in [9.17, 15) is 0 Å². The van der Waals surface area contributed by atoms with Crippen LogP contribution < -0.4 is 20.5 Å². The summed E-state index contributed by atoms with van der Waals surface area (Å²) in [5.41, 5.74) is 9.79. The smallest absolute Gasteiger partial charge is 0.212 e. The molecular weight excluding hydrogens is 382 g/mol. The van der Waals surface area contributed by atoms with E-state index >= 15 is 0 Å². The summed E-state index contributed by atoms with van der Waals surface area (Å²) in [4.78, 5) is 13.5. The Morgan fingerprint density at radius 2 is 1.87 bits per heavy atom. The second-order valence-corrected chi connectivity index (χ2v) is 7.22. The maximum atomic E-state index is 6.07. The number of hydrogen-bond acceptors (Lipinski definition) is 7. The van der Waals surface area contributed by atoms with E-state index < -0.39 is 0 Å². The molecule has 9 nitrogen and oxygen atoms in total. The minimum atomic E-state index is -0.340. The number of nitrogens with zero attached hydrogens (tertiary/aromatic N) is 5. The molecule has 30 heavy (non-hydrogen) atoms. The van der Waals surface area contributed by atoms with Gasteiger partial charge in [-0.05, 0) is 17.7 Å². The van der Waals surface area contributed by atoms with Crippen LogP contribution in [0.25, 0.3) is 16.7 Å². The first-order valence-corrected chi connectivity index (χ1v) is 9.76. The fourth-order valence-electron chi connectivity index (χ4n) is 3.88. The summed E-state index contributed by atoms with van der Waals surface area (Å²) >= 11 is 0. The Balaban J connectivity index is 1.47. The van der Waals surface area contributed by atoms with E-state index in [1.165, 1.54) is 0 Å². The number of hydrogen-bond donors (Lipinski definition) is 2. The number of anilines is 1. The summed E-state index contributed by atoms with van der Waals surface area (Å²) in [7, 11) is 0. The van der Waals surface area contributed by atoms with Gasteiger partial charge in [-0.2, -0.15) is 0 Å².